The molecule has 1 aromatic rings. The number of allylic oxidation sites excluding steroid dienone is 7. The van der Waals surface area contributed by atoms with Gasteiger partial charge in [0.2, 0.25) is 0 Å². The van der Waals surface area contributed by atoms with Crippen LogP contribution >= 0.6 is 0 Å². The van der Waals surface area contributed by atoms with Gasteiger partial charge in [0.1, 0.15) is 0 Å². The predicted octanol–water partition coefficient (Wildman–Crippen LogP) is 8.54. The molecule has 1 atom stereocenters. The summed E-state index contributed by atoms with van der Waals surface area (Å²) in [6.07, 6.45) is 24.1. The van der Waals surface area contributed by atoms with Gasteiger partial charge in [-0.3, -0.25) is 4.79 Å². The Bertz CT molecular complexity index is 1440. The SMILES string of the molecule is CC(C)CC1=CC[C@@H](c2ccc(C3=CCC4=CNCC=C(N5CC/C=C(\C(=O)C6CC(C#N)C6)CCC5)C4=C3)cc2)CC1. The van der Waals surface area contributed by atoms with Gasteiger partial charge < -0.3 is 10.2 Å². The molecule has 0 aromatic heterocycles. The molecule has 1 fully saturated rings. The Morgan fingerprint density at radius 2 is 1.91 bits per heavy atom. The number of nitrogens with one attached hydrogen (secondary N) is 1. The fourth-order valence-electron chi connectivity index (χ4n) is 7.54. The molecule has 224 valence electrons. The number of fused-ring (bicyclic) bond motifs is 1. The molecule has 0 unspecified atom stereocenters. The monoisotopic (exact) mass is 573 g/mol. The smallest absolute Gasteiger partial charge is 0.161 e. The first kappa shape index (κ1) is 29.5. The van der Waals surface area contributed by atoms with Crippen molar-refractivity contribution in [3.8, 4) is 6.07 Å². The number of carbonyl (C=O) groups is 1. The lowest BCUT2D eigenvalue weighted by atomic mass is 9.71. The Morgan fingerprint density at radius 3 is 2.65 bits per heavy atom. The third kappa shape index (κ3) is 6.82. The van der Waals surface area contributed by atoms with Gasteiger partial charge in [0.25, 0.3) is 0 Å². The first-order valence-corrected chi connectivity index (χ1v) is 16.7. The Hall–Kier alpha value is -3.58. The molecule has 2 heterocycles. The van der Waals surface area contributed by atoms with E-state index in [1.807, 2.05) is 0 Å². The molecule has 3 aliphatic carbocycles. The maximum absolute atomic E-state index is 13.0. The number of hydrogen-bond acceptors (Lipinski definition) is 4. The minimum atomic E-state index is 0.0727. The number of nitrogens with zero attached hydrogens (tertiary/aromatic N) is 2. The molecule has 5 aliphatic rings. The van der Waals surface area contributed by atoms with E-state index in [4.69, 9.17) is 5.26 Å². The predicted molar refractivity (Wildman–Crippen MR) is 176 cm³/mol. The molecule has 0 saturated heterocycles. The van der Waals surface area contributed by atoms with Gasteiger partial charge in [-0.1, -0.05) is 61.9 Å². The Balaban J connectivity index is 1.13. The number of Topliss-reactive ketones (excluding diaryl/α,β-unsaturated/α-hetero) is 1. The lowest BCUT2D eigenvalue weighted by Gasteiger charge is -2.33. The van der Waals surface area contributed by atoms with E-state index < -0.39 is 0 Å². The summed E-state index contributed by atoms with van der Waals surface area (Å²) in [4.78, 5) is 15.6. The lowest BCUT2D eigenvalue weighted by Crippen LogP contribution is -2.32. The molecule has 0 bridgehead atoms. The lowest BCUT2D eigenvalue weighted by molar-refractivity contribution is -0.122. The minimum absolute atomic E-state index is 0.0727. The summed E-state index contributed by atoms with van der Waals surface area (Å²) in [5.41, 5.74) is 10.7. The number of nitriles is 1. The summed E-state index contributed by atoms with van der Waals surface area (Å²) < 4.78 is 0. The van der Waals surface area contributed by atoms with Crippen LogP contribution in [0.15, 0.2) is 88.8 Å². The fraction of sp³-hybridized carbons (Fsp3) is 0.487. The van der Waals surface area contributed by atoms with Crippen molar-refractivity contribution >= 4 is 11.4 Å². The molecule has 6 rings (SSSR count). The maximum atomic E-state index is 13.0. The van der Waals surface area contributed by atoms with Gasteiger partial charge in [-0.05, 0) is 116 Å². The van der Waals surface area contributed by atoms with Gasteiger partial charge in [0.05, 0.1) is 6.07 Å². The van der Waals surface area contributed by atoms with Crippen LogP contribution < -0.4 is 5.32 Å². The molecule has 4 heteroatoms. The second-order valence-corrected chi connectivity index (χ2v) is 13.6. The molecule has 0 amide bonds. The van der Waals surface area contributed by atoms with E-state index in [0.29, 0.717) is 11.7 Å². The fourth-order valence-corrected chi connectivity index (χ4v) is 7.54. The highest BCUT2D eigenvalue weighted by atomic mass is 16.1. The Morgan fingerprint density at radius 1 is 1.07 bits per heavy atom. The van der Waals surface area contributed by atoms with Crippen molar-refractivity contribution in [1.29, 1.82) is 5.26 Å². The second-order valence-electron chi connectivity index (χ2n) is 13.6. The number of rotatable bonds is 7. The molecule has 4 nitrogen and oxygen atoms in total. The van der Waals surface area contributed by atoms with E-state index in [-0.39, 0.29) is 11.8 Å². The second kappa shape index (κ2) is 13.4. The van der Waals surface area contributed by atoms with Gasteiger partial charge in [-0.2, -0.15) is 5.26 Å². The highest BCUT2D eigenvalue weighted by Gasteiger charge is 2.35. The molecule has 0 spiro atoms. The number of carbonyl (C=O) groups excluding carboxylic acids is 1. The number of benzene rings is 1. The van der Waals surface area contributed by atoms with Crippen molar-refractivity contribution in [2.75, 3.05) is 19.6 Å². The largest absolute Gasteiger partial charge is 0.387 e. The molecule has 1 saturated carbocycles. The number of hydrogen-bond donors (Lipinski definition) is 1. The van der Waals surface area contributed by atoms with E-state index in [9.17, 15) is 4.79 Å². The topological polar surface area (TPSA) is 56.1 Å². The van der Waals surface area contributed by atoms with E-state index in [1.54, 1.807) is 5.57 Å². The Kier molecular flexibility index (Phi) is 9.17. The summed E-state index contributed by atoms with van der Waals surface area (Å²) in [5, 5.41) is 12.6. The highest BCUT2D eigenvalue weighted by molar-refractivity contribution is 5.97. The summed E-state index contributed by atoms with van der Waals surface area (Å²) in [7, 11) is 0. The average Bonchev–Trinajstić information content (AvgIpc) is 3.19. The molecule has 0 radical (unpaired) electrons. The van der Waals surface area contributed by atoms with Crippen LogP contribution in [0.3, 0.4) is 0 Å². The van der Waals surface area contributed by atoms with E-state index in [1.165, 1.54) is 59.2 Å². The standard InChI is InChI=1S/C39H47N3O/c1-27(2)21-28-7-9-30(10-8-28)31-11-13-32(14-12-31)34-15-16-35-26-41-18-17-38(37(35)24-34)42-19-3-5-33(6-4-20-42)39(43)36-22-29(23-36)25-40/h5,7,11-15,17,24,26-27,29-30,36,41H,3-4,6,8-10,16,18-23H2,1-2H3/b33-5-/t29?,30-,36?/m1/s1. The summed E-state index contributed by atoms with van der Waals surface area (Å²) >= 11 is 0. The zero-order valence-corrected chi connectivity index (χ0v) is 26.1. The summed E-state index contributed by atoms with van der Waals surface area (Å²) in [6, 6.07) is 11.7. The van der Waals surface area contributed by atoms with Crippen LogP contribution in [-0.2, 0) is 4.79 Å². The summed E-state index contributed by atoms with van der Waals surface area (Å²) in [6.45, 7) is 7.34. The first-order valence-electron chi connectivity index (χ1n) is 16.7. The van der Waals surface area contributed by atoms with Gasteiger partial charge in [0, 0.05) is 48.9 Å². The maximum Gasteiger partial charge on any atom is 0.161 e. The molecule has 43 heavy (non-hydrogen) atoms. The zero-order valence-electron chi connectivity index (χ0n) is 26.1. The van der Waals surface area contributed by atoms with Crippen LogP contribution in [0.4, 0.5) is 0 Å². The minimum Gasteiger partial charge on any atom is -0.387 e. The van der Waals surface area contributed by atoms with Gasteiger partial charge in [-0.25, -0.2) is 0 Å². The van der Waals surface area contributed by atoms with Gasteiger partial charge in [0.15, 0.2) is 5.78 Å². The normalized spacial score (nSPS) is 27.1. The molecule has 1 aromatic carbocycles. The van der Waals surface area contributed by atoms with Crippen molar-refractivity contribution in [2.45, 2.75) is 84.0 Å². The van der Waals surface area contributed by atoms with Crippen LogP contribution in [0.25, 0.3) is 5.57 Å². The molecule has 1 N–H and O–H groups in total. The molecular formula is C39H47N3O. The van der Waals surface area contributed by atoms with Crippen molar-refractivity contribution in [1.82, 2.24) is 10.2 Å². The molecule has 2 aliphatic heterocycles. The van der Waals surface area contributed by atoms with Crippen LogP contribution in [0.2, 0.25) is 0 Å². The van der Waals surface area contributed by atoms with Crippen LogP contribution in [-0.4, -0.2) is 30.3 Å². The van der Waals surface area contributed by atoms with Crippen molar-refractivity contribution < 1.29 is 4.79 Å². The molecular weight excluding hydrogens is 526 g/mol. The van der Waals surface area contributed by atoms with Gasteiger partial charge >= 0.3 is 0 Å². The Labute approximate surface area is 258 Å². The van der Waals surface area contributed by atoms with Crippen LogP contribution in [0.5, 0.6) is 0 Å². The van der Waals surface area contributed by atoms with Crippen molar-refractivity contribution in [2.24, 2.45) is 17.8 Å². The van der Waals surface area contributed by atoms with E-state index in [0.717, 1.165) is 69.7 Å². The third-order valence-corrected chi connectivity index (χ3v) is 10.1. The van der Waals surface area contributed by atoms with E-state index >= 15 is 0 Å². The third-order valence-electron chi connectivity index (χ3n) is 10.1. The summed E-state index contributed by atoms with van der Waals surface area (Å²) in [5.74, 6) is 1.84. The van der Waals surface area contributed by atoms with E-state index in [2.05, 4.69) is 91.0 Å². The van der Waals surface area contributed by atoms with Gasteiger partial charge in [-0.15, -0.1) is 0 Å². The average molecular weight is 574 g/mol. The highest BCUT2D eigenvalue weighted by Crippen LogP contribution is 2.39. The van der Waals surface area contributed by atoms with Crippen molar-refractivity contribution in [3.63, 3.8) is 0 Å². The first-order chi connectivity index (χ1) is 21.0. The van der Waals surface area contributed by atoms with Crippen molar-refractivity contribution in [3.05, 3.63) is 100.0 Å². The van der Waals surface area contributed by atoms with Crippen LogP contribution in [0, 0.1) is 29.1 Å². The quantitative estimate of drug-likeness (QED) is 0.332. The zero-order chi connectivity index (χ0) is 29.8. The number of ketones is 1. The van der Waals surface area contributed by atoms with Crippen LogP contribution in [0.1, 0.15) is 95.1 Å².